The molecule has 0 aliphatic heterocycles. The molecule has 2 N–H and O–H groups in total. The lowest BCUT2D eigenvalue weighted by molar-refractivity contribution is 0.0690. The third-order valence-electron chi connectivity index (χ3n) is 3.07. The quantitative estimate of drug-likeness (QED) is 0.757. The normalized spacial score (nSPS) is 10.9. The minimum absolute atomic E-state index is 0.153. The van der Waals surface area contributed by atoms with Crippen LogP contribution in [0.15, 0.2) is 29.8 Å². The maximum absolute atomic E-state index is 11.4. The van der Waals surface area contributed by atoms with E-state index in [1.165, 1.54) is 0 Å². The van der Waals surface area contributed by atoms with Crippen molar-refractivity contribution in [2.45, 2.75) is 13.3 Å². The smallest absolute Gasteiger partial charge is 0.356 e. The Morgan fingerprint density at radius 1 is 1.43 bits per heavy atom. The average Bonchev–Trinajstić information content (AvgIpc) is 3.02. The summed E-state index contributed by atoms with van der Waals surface area (Å²) in [5.74, 6) is -0.610. The van der Waals surface area contributed by atoms with E-state index in [9.17, 15) is 9.90 Å². The standard InChI is InChI=1S/C14H14N4O2S/c1-9-16-10(8-21-9)5-6-15-13-12(14(19)20)18-7-3-2-4-11(18)17-13/h2-4,7-8,15H,5-6H2,1H3,(H,19,20). The Kier molecular flexibility index (Phi) is 3.57. The number of aromatic carboxylic acids is 1. The number of hydrogen-bond donors (Lipinski definition) is 2. The van der Waals surface area contributed by atoms with E-state index in [0.717, 1.165) is 17.1 Å². The second kappa shape index (κ2) is 5.53. The van der Waals surface area contributed by atoms with Crippen molar-refractivity contribution in [2.24, 2.45) is 0 Å². The number of nitrogens with zero attached hydrogens (tertiary/aromatic N) is 3. The van der Waals surface area contributed by atoms with Crippen molar-refractivity contribution in [1.82, 2.24) is 14.4 Å². The molecule has 0 saturated carbocycles. The van der Waals surface area contributed by atoms with Crippen LogP contribution in [0.4, 0.5) is 5.82 Å². The number of carboxylic acids is 1. The van der Waals surface area contributed by atoms with Gasteiger partial charge in [0.2, 0.25) is 0 Å². The maximum Gasteiger partial charge on any atom is 0.356 e. The molecule has 0 atom stereocenters. The number of rotatable bonds is 5. The number of fused-ring (bicyclic) bond motifs is 1. The molecule has 0 unspecified atom stereocenters. The summed E-state index contributed by atoms with van der Waals surface area (Å²) >= 11 is 1.61. The molecule has 0 spiro atoms. The molecule has 3 rings (SSSR count). The van der Waals surface area contributed by atoms with Crippen LogP contribution in [-0.4, -0.2) is 32.0 Å². The fraction of sp³-hybridized carbons (Fsp3) is 0.214. The fourth-order valence-electron chi connectivity index (χ4n) is 2.16. The molecule has 0 aromatic carbocycles. The number of carboxylic acid groups (broad SMARTS) is 1. The van der Waals surface area contributed by atoms with Crippen LogP contribution >= 0.6 is 11.3 Å². The zero-order valence-electron chi connectivity index (χ0n) is 11.4. The molecule has 0 aliphatic rings. The molecule has 3 aromatic heterocycles. The summed E-state index contributed by atoms with van der Waals surface area (Å²) in [6, 6.07) is 5.39. The van der Waals surface area contributed by atoms with Crippen LogP contribution in [-0.2, 0) is 6.42 Å². The number of aromatic nitrogens is 3. The van der Waals surface area contributed by atoms with Gasteiger partial charge < -0.3 is 10.4 Å². The first-order valence-electron chi connectivity index (χ1n) is 6.50. The molecule has 0 fully saturated rings. The summed E-state index contributed by atoms with van der Waals surface area (Å²) in [5, 5.41) is 15.5. The van der Waals surface area contributed by atoms with Crippen molar-refractivity contribution in [3.8, 4) is 0 Å². The van der Waals surface area contributed by atoms with E-state index in [1.807, 2.05) is 18.4 Å². The summed E-state index contributed by atoms with van der Waals surface area (Å²) in [7, 11) is 0. The van der Waals surface area contributed by atoms with Crippen molar-refractivity contribution in [1.29, 1.82) is 0 Å². The van der Waals surface area contributed by atoms with Crippen molar-refractivity contribution >= 4 is 28.8 Å². The second-order valence-electron chi connectivity index (χ2n) is 4.58. The first-order chi connectivity index (χ1) is 10.1. The highest BCUT2D eigenvalue weighted by molar-refractivity contribution is 7.09. The van der Waals surface area contributed by atoms with Crippen LogP contribution < -0.4 is 5.32 Å². The lowest BCUT2D eigenvalue weighted by atomic mass is 10.3. The Hall–Kier alpha value is -2.41. The molecule has 108 valence electrons. The Balaban J connectivity index is 1.80. The molecule has 0 aliphatic carbocycles. The predicted octanol–water partition coefficient (Wildman–Crippen LogP) is 2.45. The molecule has 0 bridgehead atoms. The third-order valence-corrected chi connectivity index (χ3v) is 3.89. The molecular formula is C14H14N4O2S. The predicted molar refractivity (Wildman–Crippen MR) is 81.2 cm³/mol. The first-order valence-corrected chi connectivity index (χ1v) is 7.38. The molecule has 0 amide bonds. The van der Waals surface area contributed by atoms with Crippen LogP contribution in [0.5, 0.6) is 0 Å². The number of nitrogens with one attached hydrogen (secondary N) is 1. The van der Waals surface area contributed by atoms with Gasteiger partial charge in [0.25, 0.3) is 0 Å². The average molecular weight is 302 g/mol. The van der Waals surface area contributed by atoms with Crippen LogP contribution in [0.2, 0.25) is 0 Å². The maximum atomic E-state index is 11.4. The van der Waals surface area contributed by atoms with Gasteiger partial charge in [-0.15, -0.1) is 11.3 Å². The van der Waals surface area contributed by atoms with Gasteiger partial charge >= 0.3 is 5.97 Å². The zero-order valence-corrected chi connectivity index (χ0v) is 12.2. The van der Waals surface area contributed by atoms with Crippen LogP contribution in [0, 0.1) is 6.92 Å². The van der Waals surface area contributed by atoms with E-state index in [1.54, 1.807) is 34.1 Å². The molecule has 7 heteroatoms. The van der Waals surface area contributed by atoms with Gasteiger partial charge in [-0.05, 0) is 19.1 Å². The zero-order chi connectivity index (χ0) is 14.8. The number of anilines is 1. The van der Waals surface area contributed by atoms with Gasteiger partial charge in [-0.1, -0.05) is 6.07 Å². The Morgan fingerprint density at radius 2 is 2.29 bits per heavy atom. The van der Waals surface area contributed by atoms with E-state index in [-0.39, 0.29) is 5.69 Å². The van der Waals surface area contributed by atoms with E-state index < -0.39 is 5.97 Å². The first kappa shape index (κ1) is 13.6. The van der Waals surface area contributed by atoms with Gasteiger partial charge in [0.05, 0.1) is 10.7 Å². The number of pyridine rings is 1. The monoisotopic (exact) mass is 302 g/mol. The Bertz CT molecular complexity index is 793. The van der Waals surface area contributed by atoms with Gasteiger partial charge in [0.1, 0.15) is 5.65 Å². The van der Waals surface area contributed by atoms with Gasteiger partial charge in [0, 0.05) is 24.5 Å². The van der Waals surface area contributed by atoms with E-state index in [0.29, 0.717) is 18.0 Å². The minimum Gasteiger partial charge on any atom is -0.476 e. The number of carbonyl (C=O) groups is 1. The van der Waals surface area contributed by atoms with Crippen molar-refractivity contribution in [3.05, 3.63) is 46.2 Å². The van der Waals surface area contributed by atoms with Gasteiger partial charge in [0.15, 0.2) is 11.5 Å². The van der Waals surface area contributed by atoms with Crippen LogP contribution in [0.1, 0.15) is 21.2 Å². The van der Waals surface area contributed by atoms with Crippen LogP contribution in [0.25, 0.3) is 5.65 Å². The topological polar surface area (TPSA) is 79.5 Å². The molecule has 0 saturated heterocycles. The number of aryl methyl sites for hydroxylation is 1. The SMILES string of the molecule is Cc1nc(CCNc2nc3ccccn3c2C(=O)O)cs1. The highest BCUT2D eigenvalue weighted by atomic mass is 32.1. The summed E-state index contributed by atoms with van der Waals surface area (Å²) in [6.07, 6.45) is 2.43. The summed E-state index contributed by atoms with van der Waals surface area (Å²) in [4.78, 5) is 20.1. The lowest BCUT2D eigenvalue weighted by Gasteiger charge is -2.03. The minimum atomic E-state index is -0.999. The fourth-order valence-corrected chi connectivity index (χ4v) is 2.80. The van der Waals surface area contributed by atoms with E-state index in [2.05, 4.69) is 15.3 Å². The lowest BCUT2D eigenvalue weighted by Crippen LogP contribution is -2.10. The number of imidazole rings is 1. The van der Waals surface area contributed by atoms with Crippen molar-refractivity contribution < 1.29 is 9.90 Å². The molecule has 3 heterocycles. The third kappa shape index (κ3) is 2.73. The van der Waals surface area contributed by atoms with E-state index in [4.69, 9.17) is 0 Å². The molecule has 3 aromatic rings. The molecule has 0 radical (unpaired) electrons. The van der Waals surface area contributed by atoms with Gasteiger partial charge in [-0.3, -0.25) is 4.40 Å². The number of thiazole rings is 1. The molecule has 21 heavy (non-hydrogen) atoms. The van der Waals surface area contributed by atoms with Gasteiger partial charge in [-0.25, -0.2) is 14.8 Å². The summed E-state index contributed by atoms with van der Waals surface area (Å²) < 4.78 is 1.57. The Labute approximate surface area is 125 Å². The highest BCUT2D eigenvalue weighted by Crippen LogP contribution is 2.17. The number of hydrogen-bond acceptors (Lipinski definition) is 5. The summed E-state index contributed by atoms with van der Waals surface area (Å²) in [5.41, 5.74) is 1.77. The van der Waals surface area contributed by atoms with Crippen molar-refractivity contribution in [2.75, 3.05) is 11.9 Å². The van der Waals surface area contributed by atoms with E-state index >= 15 is 0 Å². The molecular weight excluding hydrogens is 288 g/mol. The van der Waals surface area contributed by atoms with Gasteiger partial charge in [-0.2, -0.15) is 0 Å². The Morgan fingerprint density at radius 3 is 3.00 bits per heavy atom. The highest BCUT2D eigenvalue weighted by Gasteiger charge is 2.17. The second-order valence-corrected chi connectivity index (χ2v) is 5.64. The largest absolute Gasteiger partial charge is 0.476 e. The van der Waals surface area contributed by atoms with Crippen LogP contribution in [0.3, 0.4) is 0 Å². The van der Waals surface area contributed by atoms with Crippen molar-refractivity contribution in [3.63, 3.8) is 0 Å². The molecule has 6 nitrogen and oxygen atoms in total. The summed E-state index contributed by atoms with van der Waals surface area (Å²) in [6.45, 7) is 2.56.